The van der Waals surface area contributed by atoms with Gasteiger partial charge in [0.1, 0.15) is 0 Å². The fraction of sp³-hybridized carbons (Fsp3) is 0.140. The lowest BCUT2D eigenvalue weighted by Gasteiger charge is -2.23. The molecule has 8 rings (SSSR count). The second-order valence-electron chi connectivity index (χ2n) is 13.5. The molecule has 0 aliphatic rings. The van der Waals surface area contributed by atoms with E-state index in [0.29, 0.717) is 28.9 Å². The van der Waals surface area contributed by atoms with Crippen LogP contribution in [-0.2, 0) is 12.4 Å². The highest BCUT2D eigenvalue weighted by molar-refractivity contribution is 6.12. The molecule has 2 aromatic heterocycles. The Hall–Kier alpha value is -6.01. The summed E-state index contributed by atoms with van der Waals surface area (Å²) < 4.78 is 92.2. The Kier molecular flexibility index (Phi) is 7.33. The van der Waals surface area contributed by atoms with Crippen LogP contribution >= 0.6 is 0 Å². The Morgan fingerprint density at radius 3 is 1.25 bits per heavy atom. The molecule has 0 aliphatic carbocycles. The Balaban J connectivity index is 1.61. The first-order valence-electron chi connectivity index (χ1n) is 16.5. The van der Waals surface area contributed by atoms with E-state index in [1.54, 1.807) is 0 Å². The molecule has 258 valence electrons. The zero-order valence-corrected chi connectivity index (χ0v) is 28.4. The highest BCUT2D eigenvalue weighted by atomic mass is 19.4. The van der Waals surface area contributed by atoms with Gasteiger partial charge in [-0.2, -0.15) is 26.3 Å². The monoisotopic (exact) mass is 701 g/mol. The number of halogens is 6. The van der Waals surface area contributed by atoms with Crippen molar-refractivity contribution in [2.75, 3.05) is 0 Å². The van der Waals surface area contributed by atoms with E-state index in [-0.39, 0.29) is 11.3 Å². The number of rotatable bonds is 3. The van der Waals surface area contributed by atoms with E-state index in [0.717, 1.165) is 67.0 Å². The van der Waals surface area contributed by atoms with Gasteiger partial charge >= 0.3 is 12.4 Å². The molecule has 8 aromatic rings. The minimum Gasteiger partial charge on any atom is -0.307 e. The predicted octanol–water partition coefficient (Wildman–Crippen LogP) is 13.4. The summed E-state index contributed by atoms with van der Waals surface area (Å²) in [5.74, 6) is 0. The third kappa shape index (κ3) is 5.29. The summed E-state index contributed by atoms with van der Waals surface area (Å²) in [4.78, 5) is 3.19. The van der Waals surface area contributed by atoms with Crippen LogP contribution in [0.2, 0.25) is 0 Å². The first kappa shape index (κ1) is 33.2. The van der Waals surface area contributed by atoms with E-state index in [9.17, 15) is 13.2 Å². The minimum absolute atomic E-state index is 0.195. The van der Waals surface area contributed by atoms with Gasteiger partial charge in [-0.25, -0.2) is 4.85 Å². The summed E-state index contributed by atoms with van der Waals surface area (Å²) in [6.45, 7) is 15.3. The highest BCUT2D eigenvalue weighted by Gasteiger charge is 2.37. The maximum atomic E-state index is 15.4. The maximum Gasteiger partial charge on any atom is 0.417 e. The number of nitrogens with zero attached hydrogens (tertiary/aromatic N) is 3. The molecule has 0 bridgehead atoms. The van der Waals surface area contributed by atoms with E-state index in [1.165, 1.54) is 6.07 Å². The molecule has 0 atom stereocenters. The summed E-state index contributed by atoms with van der Waals surface area (Å²) in [6.07, 6.45) is -9.87. The van der Waals surface area contributed by atoms with Crippen LogP contribution in [0.1, 0.15) is 33.4 Å². The molecule has 3 nitrogen and oxygen atoms in total. The highest BCUT2D eigenvalue weighted by Crippen LogP contribution is 2.46. The van der Waals surface area contributed by atoms with Crippen molar-refractivity contribution in [3.05, 3.63) is 148 Å². The molecule has 0 spiro atoms. The minimum atomic E-state index is -4.98. The second-order valence-corrected chi connectivity index (χ2v) is 13.5. The van der Waals surface area contributed by atoms with Gasteiger partial charge in [0.15, 0.2) is 5.69 Å². The maximum absolute atomic E-state index is 15.4. The normalized spacial score (nSPS) is 12.4. The zero-order chi connectivity index (χ0) is 36.9. The topological polar surface area (TPSA) is 14.2 Å². The van der Waals surface area contributed by atoms with Crippen LogP contribution in [0.3, 0.4) is 0 Å². The lowest BCUT2D eigenvalue weighted by atomic mass is 9.95. The second kappa shape index (κ2) is 11.5. The fourth-order valence-corrected chi connectivity index (χ4v) is 7.42. The van der Waals surface area contributed by atoms with Crippen LogP contribution in [-0.4, -0.2) is 9.13 Å². The lowest BCUT2D eigenvalue weighted by molar-refractivity contribution is -0.137. The van der Waals surface area contributed by atoms with E-state index < -0.39 is 34.7 Å². The van der Waals surface area contributed by atoms with Crippen molar-refractivity contribution >= 4 is 49.3 Å². The van der Waals surface area contributed by atoms with E-state index >= 15 is 13.2 Å². The molecule has 0 radical (unpaired) electrons. The van der Waals surface area contributed by atoms with Gasteiger partial charge < -0.3 is 9.13 Å². The van der Waals surface area contributed by atoms with Crippen LogP contribution in [0.15, 0.2) is 103 Å². The molecule has 0 saturated heterocycles. The van der Waals surface area contributed by atoms with Crippen LogP contribution in [0.4, 0.5) is 32.0 Å². The molecule has 0 amide bonds. The summed E-state index contributed by atoms with van der Waals surface area (Å²) >= 11 is 0. The standard InChI is InChI=1S/C43H29F6N3/c1-23-6-10-36-31(14-23)32-15-24(2)7-11-37(32)51(36)40-21-30(27-18-28(42(44,45)46)20-29(19-27)50-5)35(43(47,48)49)22-41(40)52-38-12-8-25(3)16-33(38)34-17-26(4)9-13-39(34)52/h6-22H,1-4H3. The SMILES string of the molecule is [C-]#[N+]c1cc(-c2cc(-n3c4ccc(C)cc4c4cc(C)ccc43)c(-n3c4ccc(C)cc4c4cc(C)ccc43)cc2C(F)(F)F)cc(C(F)(F)F)c1. The lowest BCUT2D eigenvalue weighted by Crippen LogP contribution is -2.12. The van der Waals surface area contributed by atoms with Crippen molar-refractivity contribution < 1.29 is 26.3 Å². The molecule has 52 heavy (non-hydrogen) atoms. The van der Waals surface area contributed by atoms with Gasteiger partial charge in [-0.1, -0.05) is 46.5 Å². The molecule has 0 N–H and O–H groups in total. The summed E-state index contributed by atoms with van der Waals surface area (Å²) in [7, 11) is 0. The third-order valence-corrected chi connectivity index (χ3v) is 9.74. The Morgan fingerprint density at radius 2 is 0.885 bits per heavy atom. The number of aryl methyl sites for hydroxylation is 4. The van der Waals surface area contributed by atoms with E-state index in [1.807, 2.05) is 110 Å². The van der Waals surface area contributed by atoms with Gasteiger partial charge in [-0.3, -0.25) is 0 Å². The van der Waals surface area contributed by atoms with Crippen LogP contribution < -0.4 is 0 Å². The Bertz CT molecular complexity index is 2710. The van der Waals surface area contributed by atoms with Crippen molar-refractivity contribution in [1.82, 2.24) is 9.13 Å². The first-order valence-corrected chi connectivity index (χ1v) is 16.5. The van der Waals surface area contributed by atoms with Crippen LogP contribution in [0.25, 0.3) is 71.0 Å². The summed E-state index contributed by atoms with van der Waals surface area (Å²) in [5.41, 5.74) is 3.69. The molecule has 0 saturated carbocycles. The van der Waals surface area contributed by atoms with Gasteiger partial charge in [-0.15, -0.1) is 0 Å². The van der Waals surface area contributed by atoms with Crippen molar-refractivity contribution in [2.24, 2.45) is 0 Å². The number of hydrogen-bond donors (Lipinski definition) is 0. The third-order valence-electron chi connectivity index (χ3n) is 9.74. The van der Waals surface area contributed by atoms with Crippen LogP contribution in [0, 0.1) is 34.3 Å². The largest absolute Gasteiger partial charge is 0.417 e. The molecule has 2 heterocycles. The van der Waals surface area contributed by atoms with Crippen molar-refractivity contribution in [3.63, 3.8) is 0 Å². The molecule has 0 aliphatic heterocycles. The average molecular weight is 702 g/mol. The quantitative estimate of drug-likeness (QED) is 0.129. The van der Waals surface area contributed by atoms with E-state index in [2.05, 4.69) is 4.85 Å². The fourth-order valence-electron chi connectivity index (χ4n) is 7.42. The van der Waals surface area contributed by atoms with Gasteiger partial charge in [0, 0.05) is 27.1 Å². The predicted molar refractivity (Wildman–Crippen MR) is 196 cm³/mol. The number of fused-ring (bicyclic) bond motifs is 6. The van der Waals surface area contributed by atoms with Gasteiger partial charge in [0.25, 0.3) is 0 Å². The molecular weight excluding hydrogens is 672 g/mol. The molecule has 9 heteroatoms. The van der Waals surface area contributed by atoms with Crippen molar-refractivity contribution in [1.29, 1.82) is 0 Å². The summed E-state index contributed by atoms with van der Waals surface area (Å²) in [6, 6.07) is 28.1. The van der Waals surface area contributed by atoms with Crippen molar-refractivity contribution in [2.45, 2.75) is 40.0 Å². The van der Waals surface area contributed by atoms with Gasteiger partial charge in [-0.05, 0) is 118 Å². The summed E-state index contributed by atoms with van der Waals surface area (Å²) in [5, 5.41) is 3.48. The number of benzene rings is 6. The first-order chi connectivity index (χ1) is 24.6. The van der Waals surface area contributed by atoms with Crippen molar-refractivity contribution in [3.8, 4) is 22.5 Å². The Morgan fingerprint density at radius 1 is 0.481 bits per heavy atom. The van der Waals surface area contributed by atoms with E-state index in [4.69, 9.17) is 6.57 Å². The molecule has 0 fully saturated rings. The molecule has 0 unspecified atom stereocenters. The Labute approximate surface area is 294 Å². The smallest absolute Gasteiger partial charge is 0.307 e. The molecular formula is C43H29F6N3. The molecule has 6 aromatic carbocycles. The van der Waals surface area contributed by atoms with Crippen LogP contribution in [0.5, 0.6) is 0 Å². The number of aromatic nitrogens is 2. The van der Waals surface area contributed by atoms with Gasteiger partial charge in [0.2, 0.25) is 0 Å². The zero-order valence-electron chi connectivity index (χ0n) is 28.4. The number of hydrogen-bond acceptors (Lipinski definition) is 0. The average Bonchev–Trinajstić information content (AvgIpc) is 3.57. The van der Waals surface area contributed by atoms with Gasteiger partial charge in [0.05, 0.1) is 45.6 Å². The number of alkyl halides is 6.